The van der Waals surface area contributed by atoms with Crippen LogP contribution in [-0.4, -0.2) is 43.0 Å². The summed E-state index contributed by atoms with van der Waals surface area (Å²) in [5, 5.41) is 2.28. The number of nitrogens with one attached hydrogen (secondary N) is 1. The quantitative estimate of drug-likeness (QED) is 0.660. The molecule has 138 valence electrons. The number of carbonyl (C=O) groups excluding carboxylic acids is 3. The maximum absolute atomic E-state index is 12.8. The van der Waals surface area contributed by atoms with Crippen LogP contribution in [0.5, 0.6) is 11.5 Å². The highest BCUT2D eigenvalue weighted by molar-refractivity contribution is 6.31. The van der Waals surface area contributed by atoms with Crippen LogP contribution in [0.3, 0.4) is 0 Å². The molecule has 1 saturated carbocycles. The van der Waals surface area contributed by atoms with E-state index in [0.29, 0.717) is 17.1 Å². The van der Waals surface area contributed by atoms with E-state index in [1.807, 2.05) is 6.92 Å². The number of carbonyl (C=O) groups is 3. The van der Waals surface area contributed by atoms with Gasteiger partial charge in [-0.3, -0.25) is 19.8 Å². The van der Waals surface area contributed by atoms with Gasteiger partial charge in [0.25, 0.3) is 11.8 Å². The Bertz CT molecular complexity index is 793. The number of benzene rings is 1. The van der Waals surface area contributed by atoms with E-state index in [1.165, 1.54) is 18.1 Å². The van der Waals surface area contributed by atoms with E-state index in [1.54, 1.807) is 19.2 Å². The molecule has 0 bridgehead atoms. The Labute approximate surface area is 151 Å². The van der Waals surface area contributed by atoms with Crippen LogP contribution in [-0.2, 0) is 9.59 Å². The van der Waals surface area contributed by atoms with Crippen molar-refractivity contribution in [2.45, 2.75) is 38.6 Å². The summed E-state index contributed by atoms with van der Waals surface area (Å²) in [6, 6.07) is 2.70. The Morgan fingerprint density at radius 3 is 2.31 bits per heavy atom. The maximum atomic E-state index is 12.8. The molecule has 1 aromatic carbocycles. The molecule has 0 spiro atoms. The molecule has 0 aromatic heterocycles. The first-order valence-electron chi connectivity index (χ1n) is 8.59. The van der Waals surface area contributed by atoms with Crippen LogP contribution in [0.1, 0.15) is 36.8 Å². The summed E-state index contributed by atoms with van der Waals surface area (Å²) in [7, 11) is 3.06. The van der Waals surface area contributed by atoms with E-state index in [0.717, 1.165) is 31.2 Å². The fourth-order valence-corrected chi connectivity index (χ4v) is 3.47. The van der Waals surface area contributed by atoms with Gasteiger partial charge in [-0.05, 0) is 49.1 Å². The number of amides is 4. The zero-order valence-corrected chi connectivity index (χ0v) is 15.1. The predicted molar refractivity (Wildman–Crippen MR) is 94.9 cm³/mol. The lowest BCUT2D eigenvalue weighted by atomic mass is 10.0. The number of urea groups is 1. The van der Waals surface area contributed by atoms with Gasteiger partial charge in [-0.25, -0.2) is 4.79 Å². The highest BCUT2D eigenvalue weighted by Gasteiger charge is 2.40. The average Bonchev–Trinajstić information content (AvgIpc) is 3.13. The molecule has 1 saturated heterocycles. The van der Waals surface area contributed by atoms with E-state index in [-0.39, 0.29) is 11.6 Å². The highest BCUT2D eigenvalue weighted by Crippen LogP contribution is 2.32. The minimum atomic E-state index is -0.677. The number of rotatable bonds is 4. The molecule has 1 heterocycles. The van der Waals surface area contributed by atoms with E-state index < -0.39 is 17.8 Å². The molecule has 26 heavy (non-hydrogen) atoms. The smallest absolute Gasteiger partial charge is 0.331 e. The van der Waals surface area contributed by atoms with E-state index in [4.69, 9.17) is 9.47 Å². The first-order chi connectivity index (χ1) is 12.5. The van der Waals surface area contributed by atoms with Crippen LogP contribution in [0.2, 0.25) is 0 Å². The third-order valence-corrected chi connectivity index (χ3v) is 4.89. The number of hydrogen-bond acceptors (Lipinski definition) is 5. The second-order valence-corrected chi connectivity index (χ2v) is 6.49. The fraction of sp³-hybridized carbons (Fsp3) is 0.421. The van der Waals surface area contributed by atoms with E-state index >= 15 is 0 Å². The van der Waals surface area contributed by atoms with Crippen molar-refractivity contribution in [1.29, 1.82) is 0 Å². The van der Waals surface area contributed by atoms with Gasteiger partial charge < -0.3 is 9.47 Å². The van der Waals surface area contributed by atoms with Crippen LogP contribution in [0, 0.1) is 6.92 Å². The third-order valence-electron chi connectivity index (χ3n) is 4.89. The van der Waals surface area contributed by atoms with Crippen LogP contribution in [0.15, 0.2) is 17.7 Å². The molecule has 1 aromatic rings. The number of methoxy groups -OCH3 is 2. The van der Waals surface area contributed by atoms with Crippen molar-refractivity contribution in [2.24, 2.45) is 0 Å². The monoisotopic (exact) mass is 358 g/mol. The molecular formula is C19H22N2O5. The number of ether oxygens (including phenoxy) is 2. The number of aryl methyl sites for hydroxylation is 1. The molecule has 2 aliphatic rings. The first kappa shape index (κ1) is 18.0. The summed E-state index contributed by atoms with van der Waals surface area (Å²) < 4.78 is 10.5. The van der Waals surface area contributed by atoms with Crippen molar-refractivity contribution in [1.82, 2.24) is 10.2 Å². The van der Waals surface area contributed by atoms with Gasteiger partial charge in [0.15, 0.2) is 11.5 Å². The molecule has 2 fully saturated rings. The fourth-order valence-electron chi connectivity index (χ4n) is 3.47. The summed E-state index contributed by atoms with van der Waals surface area (Å²) in [6.07, 6.45) is 5.00. The van der Waals surface area contributed by atoms with Crippen molar-refractivity contribution >= 4 is 23.9 Å². The molecule has 7 heteroatoms. The lowest BCUT2D eigenvalue weighted by molar-refractivity contribution is -0.131. The molecule has 0 radical (unpaired) electrons. The number of imide groups is 2. The van der Waals surface area contributed by atoms with Crippen LogP contribution in [0.25, 0.3) is 6.08 Å². The molecule has 4 amide bonds. The third kappa shape index (κ3) is 3.16. The Morgan fingerprint density at radius 2 is 1.69 bits per heavy atom. The summed E-state index contributed by atoms with van der Waals surface area (Å²) in [4.78, 5) is 38.5. The van der Waals surface area contributed by atoms with Gasteiger partial charge >= 0.3 is 6.03 Å². The largest absolute Gasteiger partial charge is 0.493 e. The molecule has 7 nitrogen and oxygen atoms in total. The Morgan fingerprint density at radius 1 is 1.08 bits per heavy atom. The minimum Gasteiger partial charge on any atom is -0.493 e. The standard InChI is InChI=1S/C19H22N2O5/c1-11-8-15(25-2)16(26-3)10-12(11)9-14-17(22)20-19(24)21(18(14)23)13-6-4-5-7-13/h8-10,13H,4-7H2,1-3H3,(H,20,22,24)/b14-9+. The molecule has 1 aliphatic carbocycles. The summed E-state index contributed by atoms with van der Waals surface area (Å²) in [5.74, 6) is -0.157. The Hall–Kier alpha value is -2.83. The average molecular weight is 358 g/mol. The second-order valence-electron chi connectivity index (χ2n) is 6.49. The molecule has 0 atom stereocenters. The van der Waals surface area contributed by atoms with Crippen LogP contribution < -0.4 is 14.8 Å². The lowest BCUT2D eigenvalue weighted by Gasteiger charge is -2.31. The van der Waals surface area contributed by atoms with Gasteiger partial charge in [-0.1, -0.05) is 12.8 Å². The lowest BCUT2D eigenvalue weighted by Crippen LogP contribution is -2.57. The highest BCUT2D eigenvalue weighted by atomic mass is 16.5. The van der Waals surface area contributed by atoms with Crippen LogP contribution >= 0.6 is 0 Å². The SMILES string of the molecule is COc1cc(C)c(/C=C2\C(=O)NC(=O)N(C3CCCC3)C2=O)cc1OC. The minimum absolute atomic E-state index is 0.0492. The number of barbiturate groups is 1. The zero-order chi connectivity index (χ0) is 18.8. The van der Waals surface area contributed by atoms with Crippen molar-refractivity contribution in [2.75, 3.05) is 14.2 Å². The summed E-state index contributed by atoms with van der Waals surface area (Å²) in [5.41, 5.74) is 1.42. The molecular weight excluding hydrogens is 336 g/mol. The van der Waals surface area contributed by atoms with Gasteiger partial charge in [0, 0.05) is 6.04 Å². The van der Waals surface area contributed by atoms with Gasteiger partial charge in [0.2, 0.25) is 0 Å². The Kier molecular flexibility index (Phi) is 4.97. The first-order valence-corrected chi connectivity index (χ1v) is 8.59. The van der Waals surface area contributed by atoms with Crippen molar-refractivity contribution in [3.63, 3.8) is 0 Å². The van der Waals surface area contributed by atoms with Crippen molar-refractivity contribution in [3.05, 3.63) is 28.8 Å². The number of hydrogen-bond donors (Lipinski definition) is 1. The summed E-state index contributed by atoms with van der Waals surface area (Å²) in [6.45, 7) is 1.85. The predicted octanol–water partition coefficient (Wildman–Crippen LogP) is 2.42. The van der Waals surface area contributed by atoms with Crippen molar-refractivity contribution < 1.29 is 23.9 Å². The molecule has 3 rings (SSSR count). The Balaban J connectivity index is 2.00. The summed E-state index contributed by atoms with van der Waals surface area (Å²) >= 11 is 0. The van der Waals surface area contributed by atoms with Gasteiger partial charge in [-0.15, -0.1) is 0 Å². The van der Waals surface area contributed by atoms with E-state index in [9.17, 15) is 14.4 Å². The second kappa shape index (κ2) is 7.19. The van der Waals surface area contributed by atoms with Gasteiger partial charge in [0.05, 0.1) is 14.2 Å². The van der Waals surface area contributed by atoms with Gasteiger partial charge in [0.1, 0.15) is 5.57 Å². The molecule has 0 unspecified atom stereocenters. The van der Waals surface area contributed by atoms with Crippen molar-refractivity contribution in [3.8, 4) is 11.5 Å². The van der Waals surface area contributed by atoms with Crippen LogP contribution in [0.4, 0.5) is 4.79 Å². The number of nitrogens with zero attached hydrogens (tertiary/aromatic N) is 1. The zero-order valence-electron chi connectivity index (χ0n) is 15.1. The molecule has 1 aliphatic heterocycles. The van der Waals surface area contributed by atoms with E-state index in [2.05, 4.69) is 5.32 Å². The normalized spacial score (nSPS) is 19.9. The molecule has 1 N–H and O–H groups in total. The maximum Gasteiger partial charge on any atom is 0.331 e. The topological polar surface area (TPSA) is 84.9 Å². The van der Waals surface area contributed by atoms with Gasteiger partial charge in [-0.2, -0.15) is 0 Å².